The van der Waals surface area contributed by atoms with Crippen LogP contribution in [0.2, 0.25) is 0 Å². The van der Waals surface area contributed by atoms with Gasteiger partial charge in [-0.05, 0) is 25.2 Å². The van der Waals surface area contributed by atoms with Gasteiger partial charge >= 0.3 is 5.69 Å². The van der Waals surface area contributed by atoms with Gasteiger partial charge in [0, 0.05) is 17.4 Å². The van der Waals surface area contributed by atoms with Crippen molar-refractivity contribution in [2.24, 2.45) is 0 Å². The molecule has 1 aliphatic rings. The molecule has 3 N–H and O–H groups in total. The Hall–Kier alpha value is -1.50. The standard InChI is InChI=1S/C12H18N4O2S/c1-19-10-5-3-2-4-8(10)14-12-9(16(17)18)6-7-11(13)15-12/h6-8,10H,2-5H2,1H3,(H3,13,14,15). The lowest BCUT2D eigenvalue weighted by Crippen LogP contribution is -2.34. The second-order valence-electron chi connectivity index (χ2n) is 4.67. The Labute approximate surface area is 116 Å². The molecule has 2 unspecified atom stereocenters. The summed E-state index contributed by atoms with van der Waals surface area (Å²) in [6.07, 6.45) is 6.58. The number of nitrogen functional groups attached to an aromatic ring is 1. The van der Waals surface area contributed by atoms with Crippen molar-refractivity contribution >= 4 is 29.1 Å². The Kier molecular flexibility index (Phi) is 4.47. The molecule has 0 radical (unpaired) electrons. The van der Waals surface area contributed by atoms with Crippen molar-refractivity contribution in [3.63, 3.8) is 0 Å². The van der Waals surface area contributed by atoms with Gasteiger partial charge in [-0.3, -0.25) is 10.1 Å². The topological polar surface area (TPSA) is 94.1 Å². The van der Waals surface area contributed by atoms with Crippen LogP contribution in [-0.4, -0.2) is 27.5 Å². The number of pyridine rings is 1. The maximum absolute atomic E-state index is 11.0. The van der Waals surface area contributed by atoms with Gasteiger partial charge in [0.15, 0.2) is 0 Å². The Bertz CT molecular complexity index is 469. The highest BCUT2D eigenvalue weighted by atomic mass is 32.2. The molecule has 1 heterocycles. The van der Waals surface area contributed by atoms with Gasteiger partial charge in [0.25, 0.3) is 0 Å². The summed E-state index contributed by atoms with van der Waals surface area (Å²) in [5.41, 5.74) is 5.61. The normalized spacial score (nSPS) is 23.0. The molecule has 0 bridgehead atoms. The minimum absolute atomic E-state index is 0.0142. The molecule has 104 valence electrons. The molecule has 6 nitrogen and oxygen atoms in total. The zero-order valence-electron chi connectivity index (χ0n) is 10.8. The summed E-state index contributed by atoms with van der Waals surface area (Å²) in [5, 5.41) is 14.7. The van der Waals surface area contributed by atoms with Gasteiger partial charge in [0.2, 0.25) is 5.82 Å². The smallest absolute Gasteiger partial charge is 0.311 e. The first-order valence-corrected chi connectivity index (χ1v) is 7.61. The van der Waals surface area contributed by atoms with Crippen molar-refractivity contribution < 1.29 is 4.92 Å². The number of anilines is 2. The van der Waals surface area contributed by atoms with Crippen LogP contribution >= 0.6 is 11.8 Å². The van der Waals surface area contributed by atoms with Crippen LogP contribution < -0.4 is 11.1 Å². The zero-order chi connectivity index (χ0) is 13.8. The first-order valence-electron chi connectivity index (χ1n) is 6.32. The maximum atomic E-state index is 11.0. The molecule has 1 aromatic heterocycles. The van der Waals surface area contributed by atoms with E-state index in [1.807, 2.05) is 0 Å². The lowest BCUT2D eigenvalue weighted by atomic mass is 9.95. The van der Waals surface area contributed by atoms with E-state index in [1.54, 1.807) is 11.8 Å². The summed E-state index contributed by atoms with van der Waals surface area (Å²) >= 11 is 1.80. The molecule has 2 atom stereocenters. The second-order valence-corrected chi connectivity index (χ2v) is 5.75. The number of hydrogen-bond donors (Lipinski definition) is 2. The Morgan fingerprint density at radius 1 is 1.47 bits per heavy atom. The lowest BCUT2D eigenvalue weighted by molar-refractivity contribution is -0.384. The molecule has 1 saturated carbocycles. The number of thioether (sulfide) groups is 1. The summed E-state index contributed by atoms with van der Waals surface area (Å²) in [6, 6.07) is 3.08. The Morgan fingerprint density at radius 3 is 2.89 bits per heavy atom. The first kappa shape index (κ1) is 13.9. The van der Waals surface area contributed by atoms with Crippen LogP contribution in [0, 0.1) is 10.1 Å². The number of nitrogens with zero attached hydrogens (tertiary/aromatic N) is 2. The van der Waals surface area contributed by atoms with Crippen molar-refractivity contribution in [3.05, 3.63) is 22.2 Å². The summed E-state index contributed by atoms with van der Waals surface area (Å²) in [4.78, 5) is 14.7. The van der Waals surface area contributed by atoms with Gasteiger partial charge in [0.05, 0.1) is 4.92 Å². The first-order chi connectivity index (χ1) is 9.11. The summed E-state index contributed by atoms with van der Waals surface area (Å²) in [6.45, 7) is 0. The van der Waals surface area contributed by atoms with Crippen LogP contribution in [0.3, 0.4) is 0 Å². The van der Waals surface area contributed by atoms with Gasteiger partial charge < -0.3 is 11.1 Å². The van der Waals surface area contributed by atoms with Gasteiger partial charge in [-0.25, -0.2) is 4.98 Å². The average molecular weight is 282 g/mol. The van der Waals surface area contributed by atoms with Crippen LogP contribution in [0.4, 0.5) is 17.3 Å². The SMILES string of the molecule is CSC1CCCCC1Nc1nc(N)ccc1[N+](=O)[O-]. The van der Waals surface area contributed by atoms with Crippen LogP contribution in [0.15, 0.2) is 12.1 Å². The van der Waals surface area contributed by atoms with Gasteiger partial charge in [0.1, 0.15) is 5.82 Å². The van der Waals surface area contributed by atoms with E-state index in [0.29, 0.717) is 11.1 Å². The fourth-order valence-corrected chi connectivity index (χ4v) is 3.38. The fourth-order valence-electron chi connectivity index (χ4n) is 2.44. The van der Waals surface area contributed by atoms with Crippen LogP contribution in [-0.2, 0) is 0 Å². The highest BCUT2D eigenvalue weighted by molar-refractivity contribution is 7.99. The van der Waals surface area contributed by atoms with Crippen molar-refractivity contribution in [3.8, 4) is 0 Å². The number of rotatable bonds is 4. The third-order valence-electron chi connectivity index (χ3n) is 3.42. The monoisotopic (exact) mass is 282 g/mol. The van der Waals surface area contributed by atoms with E-state index in [1.165, 1.54) is 18.6 Å². The van der Waals surface area contributed by atoms with Crippen molar-refractivity contribution in [2.75, 3.05) is 17.3 Å². The largest absolute Gasteiger partial charge is 0.384 e. The number of nitrogens with two attached hydrogens (primary N) is 1. The predicted octanol–water partition coefficient (Wildman–Crippen LogP) is 2.66. The summed E-state index contributed by atoms with van der Waals surface area (Å²) < 4.78 is 0. The minimum Gasteiger partial charge on any atom is -0.384 e. The molecule has 0 amide bonds. The number of nitrogens with one attached hydrogen (secondary N) is 1. The predicted molar refractivity (Wildman–Crippen MR) is 78.5 cm³/mol. The highest BCUT2D eigenvalue weighted by Crippen LogP contribution is 2.31. The molecular formula is C12H18N4O2S. The molecule has 0 aliphatic heterocycles. The summed E-state index contributed by atoms with van der Waals surface area (Å²) in [5.74, 6) is 0.584. The molecule has 0 spiro atoms. The van der Waals surface area contributed by atoms with E-state index in [4.69, 9.17) is 5.73 Å². The van der Waals surface area contributed by atoms with Crippen molar-refractivity contribution in [2.45, 2.75) is 37.0 Å². The molecule has 1 aromatic rings. The number of hydrogen-bond acceptors (Lipinski definition) is 6. The third kappa shape index (κ3) is 3.28. The van der Waals surface area contributed by atoms with E-state index in [9.17, 15) is 10.1 Å². The van der Waals surface area contributed by atoms with Gasteiger partial charge in [-0.15, -0.1) is 0 Å². The van der Waals surface area contributed by atoms with Gasteiger partial charge in [-0.1, -0.05) is 12.8 Å². The number of aromatic nitrogens is 1. The van der Waals surface area contributed by atoms with Crippen LogP contribution in [0.25, 0.3) is 0 Å². The third-order valence-corrected chi connectivity index (χ3v) is 4.59. The Balaban J connectivity index is 2.21. The molecule has 2 rings (SSSR count). The van der Waals surface area contributed by atoms with Gasteiger partial charge in [-0.2, -0.15) is 11.8 Å². The molecular weight excluding hydrogens is 264 g/mol. The van der Waals surface area contributed by atoms with E-state index >= 15 is 0 Å². The molecule has 0 aromatic carbocycles. The van der Waals surface area contributed by atoms with E-state index in [0.717, 1.165) is 19.3 Å². The number of nitro groups is 1. The molecule has 0 saturated heterocycles. The second kappa shape index (κ2) is 6.10. The van der Waals surface area contributed by atoms with Crippen LogP contribution in [0.5, 0.6) is 0 Å². The van der Waals surface area contributed by atoms with Crippen molar-refractivity contribution in [1.29, 1.82) is 0 Å². The average Bonchev–Trinajstić information content (AvgIpc) is 2.39. The molecule has 19 heavy (non-hydrogen) atoms. The fraction of sp³-hybridized carbons (Fsp3) is 0.583. The lowest BCUT2D eigenvalue weighted by Gasteiger charge is -2.31. The van der Waals surface area contributed by atoms with Crippen LogP contribution in [0.1, 0.15) is 25.7 Å². The quantitative estimate of drug-likeness (QED) is 0.651. The van der Waals surface area contributed by atoms with E-state index in [-0.39, 0.29) is 17.5 Å². The summed E-state index contributed by atoms with van der Waals surface area (Å²) in [7, 11) is 0. The van der Waals surface area contributed by atoms with E-state index < -0.39 is 4.92 Å². The Morgan fingerprint density at radius 2 is 2.21 bits per heavy atom. The maximum Gasteiger partial charge on any atom is 0.311 e. The molecule has 7 heteroatoms. The zero-order valence-corrected chi connectivity index (χ0v) is 11.7. The highest BCUT2D eigenvalue weighted by Gasteiger charge is 2.27. The molecule has 1 fully saturated rings. The molecule has 1 aliphatic carbocycles. The van der Waals surface area contributed by atoms with Crippen molar-refractivity contribution in [1.82, 2.24) is 4.98 Å². The van der Waals surface area contributed by atoms with E-state index in [2.05, 4.69) is 16.6 Å². The minimum atomic E-state index is -0.425.